The van der Waals surface area contributed by atoms with Gasteiger partial charge in [-0.05, 0) is 31.5 Å². The number of halogens is 1. The number of hydrogen-bond donors (Lipinski definition) is 1. The Morgan fingerprint density at radius 2 is 2.16 bits per heavy atom. The van der Waals surface area contributed by atoms with Crippen LogP contribution in [0.5, 0.6) is 0 Å². The summed E-state index contributed by atoms with van der Waals surface area (Å²) in [6.07, 6.45) is 5.76. The van der Waals surface area contributed by atoms with Crippen molar-refractivity contribution in [1.29, 1.82) is 0 Å². The molecule has 25 heavy (non-hydrogen) atoms. The number of fused-ring (bicyclic) bond motifs is 1. The molecule has 2 aromatic rings. The normalized spacial score (nSPS) is 19.4. The molecule has 1 aliphatic heterocycles. The first-order valence-corrected chi connectivity index (χ1v) is 10.5. The Labute approximate surface area is 151 Å². The molecule has 3 rings (SSSR count). The van der Waals surface area contributed by atoms with E-state index in [0.29, 0.717) is 29.5 Å². The fourth-order valence-corrected chi connectivity index (χ4v) is 3.82. The number of nitrogens with one attached hydrogen (secondary N) is 1. The Hall–Kier alpha value is -1.48. The van der Waals surface area contributed by atoms with Gasteiger partial charge in [0.2, 0.25) is 10.0 Å². The van der Waals surface area contributed by atoms with Crippen LogP contribution < -0.4 is 10.3 Å². The minimum absolute atomic E-state index is 0.106. The predicted molar refractivity (Wildman–Crippen MR) is 97.4 cm³/mol. The van der Waals surface area contributed by atoms with Crippen molar-refractivity contribution in [3.8, 4) is 0 Å². The summed E-state index contributed by atoms with van der Waals surface area (Å²) in [6, 6.07) is 5.03. The Bertz CT molecular complexity index is 929. The largest absolute Gasteiger partial charge is 0.293 e. The van der Waals surface area contributed by atoms with Gasteiger partial charge in [-0.3, -0.25) is 14.1 Å². The van der Waals surface area contributed by atoms with Gasteiger partial charge in [-0.25, -0.2) is 18.1 Å². The lowest BCUT2D eigenvalue weighted by molar-refractivity contribution is 0.140. The van der Waals surface area contributed by atoms with Crippen molar-refractivity contribution < 1.29 is 8.42 Å². The van der Waals surface area contributed by atoms with E-state index in [1.807, 2.05) is 0 Å². The summed E-state index contributed by atoms with van der Waals surface area (Å²) in [7, 11) is -3.22. The van der Waals surface area contributed by atoms with Crippen LogP contribution in [0.3, 0.4) is 0 Å². The number of piperidine rings is 1. The molecule has 0 amide bonds. The second kappa shape index (κ2) is 7.41. The van der Waals surface area contributed by atoms with Crippen molar-refractivity contribution in [2.24, 2.45) is 0 Å². The molecule has 0 spiro atoms. The van der Waals surface area contributed by atoms with Crippen molar-refractivity contribution in [3.63, 3.8) is 0 Å². The third-order valence-corrected chi connectivity index (χ3v) is 5.29. The third kappa shape index (κ3) is 4.78. The molecule has 0 unspecified atom stereocenters. The molecule has 1 saturated heterocycles. The van der Waals surface area contributed by atoms with Crippen LogP contribution in [0.2, 0.25) is 5.02 Å². The maximum absolute atomic E-state index is 12.3. The fraction of sp³-hybridized carbons (Fsp3) is 0.500. The van der Waals surface area contributed by atoms with E-state index in [9.17, 15) is 13.2 Å². The number of aromatic nitrogens is 2. The van der Waals surface area contributed by atoms with E-state index in [1.54, 1.807) is 18.3 Å². The molecule has 1 aliphatic rings. The van der Waals surface area contributed by atoms with Crippen molar-refractivity contribution in [3.05, 3.63) is 45.5 Å². The van der Waals surface area contributed by atoms with E-state index in [1.165, 1.54) is 10.5 Å². The highest BCUT2D eigenvalue weighted by molar-refractivity contribution is 7.88. The average molecular weight is 385 g/mol. The minimum atomic E-state index is -3.22. The van der Waals surface area contributed by atoms with Gasteiger partial charge in [0.15, 0.2) is 0 Å². The molecule has 1 fully saturated rings. The summed E-state index contributed by atoms with van der Waals surface area (Å²) in [5.74, 6) is 0. The Morgan fingerprint density at radius 1 is 1.36 bits per heavy atom. The Balaban J connectivity index is 1.80. The van der Waals surface area contributed by atoms with Crippen LogP contribution in [0.15, 0.2) is 29.2 Å². The predicted octanol–water partition coefficient (Wildman–Crippen LogP) is 1.25. The number of hydrogen-bond acceptors (Lipinski definition) is 5. The van der Waals surface area contributed by atoms with Crippen molar-refractivity contribution in [2.75, 3.05) is 19.3 Å². The maximum Gasteiger partial charge on any atom is 0.258 e. The molecule has 0 radical (unpaired) electrons. The van der Waals surface area contributed by atoms with Crippen molar-refractivity contribution >= 4 is 27.3 Å². The van der Waals surface area contributed by atoms with E-state index >= 15 is 0 Å². The lowest BCUT2D eigenvalue weighted by atomic mass is 10.0. The molecule has 0 aromatic carbocycles. The molecule has 0 saturated carbocycles. The molecule has 9 heteroatoms. The van der Waals surface area contributed by atoms with Gasteiger partial charge >= 0.3 is 0 Å². The summed E-state index contributed by atoms with van der Waals surface area (Å²) in [4.78, 5) is 19.0. The van der Waals surface area contributed by atoms with Crippen molar-refractivity contribution in [2.45, 2.75) is 31.8 Å². The number of nitrogens with zero attached hydrogens (tertiary/aromatic N) is 3. The molecule has 136 valence electrons. The number of pyridine rings is 1. The van der Waals surface area contributed by atoms with Crippen LogP contribution in [-0.2, 0) is 16.6 Å². The zero-order chi connectivity index (χ0) is 18.0. The number of rotatable bonds is 5. The Morgan fingerprint density at radius 3 is 2.92 bits per heavy atom. The quantitative estimate of drug-likeness (QED) is 0.838. The molecule has 1 N–H and O–H groups in total. The SMILES string of the molecule is CS(=O)(=O)NC[C@@H]1CCCCN1Cc1cc(=O)n2cc(Cl)ccc2n1. The van der Waals surface area contributed by atoms with Crippen LogP contribution >= 0.6 is 11.6 Å². The monoisotopic (exact) mass is 384 g/mol. The smallest absolute Gasteiger partial charge is 0.258 e. The summed E-state index contributed by atoms with van der Waals surface area (Å²) >= 11 is 5.92. The lowest BCUT2D eigenvalue weighted by Gasteiger charge is -2.35. The van der Waals surface area contributed by atoms with Crippen molar-refractivity contribution in [1.82, 2.24) is 19.0 Å². The molecule has 0 bridgehead atoms. The highest BCUT2D eigenvalue weighted by Crippen LogP contribution is 2.19. The second-order valence-corrected chi connectivity index (χ2v) is 8.67. The number of sulfonamides is 1. The van der Waals surface area contributed by atoms with Gasteiger partial charge in [-0.2, -0.15) is 0 Å². The summed E-state index contributed by atoms with van der Waals surface area (Å²) in [5.41, 5.74) is 1.05. The molecule has 2 aromatic heterocycles. The van der Waals surface area contributed by atoms with Crippen LogP contribution in [0, 0.1) is 0 Å². The molecule has 3 heterocycles. The zero-order valence-electron chi connectivity index (χ0n) is 14.0. The van der Waals surface area contributed by atoms with Crippen LogP contribution in [0.4, 0.5) is 0 Å². The minimum Gasteiger partial charge on any atom is -0.293 e. The first-order chi connectivity index (χ1) is 11.8. The topological polar surface area (TPSA) is 83.8 Å². The molecular weight excluding hydrogens is 364 g/mol. The van der Waals surface area contributed by atoms with Gasteiger partial charge in [0, 0.05) is 31.4 Å². The zero-order valence-corrected chi connectivity index (χ0v) is 15.6. The molecular formula is C16H21ClN4O3S. The average Bonchev–Trinajstić information content (AvgIpc) is 2.54. The highest BCUT2D eigenvalue weighted by atomic mass is 35.5. The van der Waals surface area contributed by atoms with Gasteiger partial charge < -0.3 is 0 Å². The van der Waals surface area contributed by atoms with E-state index in [-0.39, 0.29) is 11.6 Å². The first-order valence-electron chi connectivity index (χ1n) is 8.18. The van der Waals surface area contributed by atoms with Crippen LogP contribution in [0.1, 0.15) is 25.0 Å². The van der Waals surface area contributed by atoms with Gasteiger partial charge in [0.1, 0.15) is 5.65 Å². The van der Waals surface area contributed by atoms with E-state index in [4.69, 9.17) is 11.6 Å². The maximum atomic E-state index is 12.3. The highest BCUT2D eigenvalue weighted by Gasteiger charge is 2.24. The van der Waals surface area contributed by atoms with Crippen LogP contribution in [0.25, 0.3) is 5.65 Å². The standard InChI is InChI=1S/C16H21ClN4O3S/c1-25(23,24)18-9-14-4-2-3-7-20(14)11-13-8-16(22)21-10-12(17)5-6-15(21)19-13/h5-6,8,10,14,18H,2-4,7,9,11H2,1H3/t14-/m0/s1. The molecule has 7 nitrogen and oxygen atoms in total. The van der Waals surface area contributed by atoms with Gasteiger partial charge in [-0.1, -0.05) is 18.0 Å². The lowest BCUT2D eigenvalue weighted by Crippen LogP contribution is -2.46. The Kier molecular flexibility index (Phi) is 5.43. The van der Waals surface area contributed by atoms with Gasteiger partial charge in [0.25, 0.3) is 5.56 Å². The molecule has 1 atom stereocenters. The third-order valence-electron chi connectivity index (χ3n) is 4.37. The summed E-state index contributed by atoms with van der Waals surface area (Å²) < 4.78 is 26.7. The first kappa shape index (κ1) is 18.3. The van der Waals surface area contributed by atoms with E-state index < -0.39 is 10.0 Å². The molecule has 0 aliphatic carbocycles. The van der Waals surface area contributed by atoms with E-state index in [2.05, 4.69) is 14.6 Å². The number of likely N-dealkylation sites (tertiary alicyclic amines) is 1. The van der Waals surface area contributed by atoms with Crippen LogP contribution in [-0.4, -0.2) is 48.1 Å². The summed E-state index contributed by atoms with van der Waals surface area (Å²) in [5, 5.41) is 0.479. The van der Waals surface area contributed by atoms with E-state index in [0.717, 1.165) is 32.1 Å². The van der Waals surface area contributed by atoms with Gasteiger partial charge in [-0.15, -0.1) is 0 Å². The summed E-state index contributed by atoms with van der Waals surface area (Å²) in [6.45, 7) is 1.75. The fourth-order valence-electron chi connectivity index (χ4n) is 3.16. The second-order valence-electron chi connectivity index (χ2n) is 6.40. The van der Waals surface area contributed by atoms with Gasteiger partial charge in [0.05, 0.1) is 17.0 Å².